The number of allylic oxidation sites excluding steroid dienone is 1. The van der Waals surface area contributed by atoms with E-state index in [0.717, 1.165) is 107 Å². The van der Waals surface area contributed by atoms with Crippen LogP contribution in [-0.2, 0) is 14.3 Å². The number of esters is 1. The molecule has 0 heterocycles. The molecule has 0 unspecified atom stereocenters. The van der Waals surface area contributed by atoms with Gasteiger partial charge in [-0.25, -0.2) is 0 Å². The third kappa shape index (κ3) is 10.8. The minimum absolute atomic E-state index is 0.00737. The lowest BCUT2D eigenvalue weighted by Crippen LogP contribution is -2.51. The number of nitrogens with two attached hydrogens (primary N) is 2. The molecular formula is C43H78N4O3. The Hall–Kier alpha value is -1.44. The van der Waals surface area contributed by atoms with Crippen LogP contribution >= 0.6 is 0 Å². The van der Waals surface area contributed by atoms with E-state index in [4.69, 9.17) is 16.2 Å². The monoisotopic (exact) mass is 699 g/mol. The lowest BCUT2D eigenvalue weighted by atomic mass is 9.47. The molecular weight excluding hydrogens is 620 g/mol. The highest BCUT2D eigenvalue weighted by Gasteiger charge is 2.59. The van der Waals surface area contributed by atoms with Crippen molar-refractivity contribution in [3.05, 3.63) is 11.6 Å². The van der Waals surface area contributed by atoms with E-state index in [1.54, 1.807) is 5.57 Å². The zero-order valence-corrected chi connectivity index (χ0v) is 33.1. The van der Waals surface area contributed by atoms with Crippen molar-refractivity contribution in [3.63, 3.8) is 0 Å². The van der Waals surface area contributed by atoms with Crippen LogP contribution in [-0.4, -0.2) is 62.1 Å². The second-order valence-corrected chi connectivity index (χ2v) is 18.0. The third-order valence-corrected chi connectivity index (χ3v) is 14.2. The van der Waals surface area contributed by atoms with E-state index in [1.807, 2.05) is 4.90 Å². The van der Waals surface area contributed by atoms with Gasteiger partial charge in [0.15, 0.2) is 0 Å². The van der Waals surface area contributed by atoms with E-state index in [1.165, 1.54) is 51.4 Å². The number of rotatable bonds is 22. The molecule has 0 aromatic rings. The summed E-state index contributed by atoms with van der Waals surface area (Å²) in [5.41, 5.74) is 13.7. The molecule has 4 rings (SSSR count). The van der Waals surface area contributed by atoms with E-state index in [-0.39, 0.29) is 23.4 Å². The second-order valence-electron chi connectivity index (χ2n) is 18.0. The number of fused-ring (bicyclic) bond motifs is 5. The largest absolute Gasteiger partial charge is 0.462 e. The van der Waals surface area contributed by atoms with Crippen LogP contribution in [0.25, 0.3) is 0 Å². The standard InChI is InChI=1S/C43H78N4O3/c1-32(2)13-10-14-33(3)37-19-20-38-36-18-17-34-31-35(21-23-42(34,4)39(36)22-24-43(37,38)5)50-41(49)16-7-6-15-40(48)47(30-12-26-45)29-9-8-27-46-28-11-25-44/h17,32-33,35-39,46H,6-16,18-31,44-45H2,1-5H3/t33-,35+,36+,37-,38+,39+,42+,43-/m1/s1. The summed E-state index contributed by atoms with van der Waals surface area (Å²) in [5.74, 6) is 5.14. The predicted octanol–water partition coefficient (Wildman–Crippen LogP) is 8.40. The summed E-state index contributed by atoms with van der Waals surface area (Å²) in [6, 6.07) is 0. The first-order valence-corrected chi connectivity index (χ1v) is 21.3. The van der Waals surface area contributed by atoms with E-state index in [0.29, 0.717) is 44.3 Å². The van der Waals surface area contributed by atoms with Gasteiger partial charge in [0.25, 0.3) is 0 Å². The zero-order chi connectivity index (χ0) is 36.1. The number of nitrogens with one attached hydrogen (secondary N) is 1. The zero-order valence-electron chi connectivity index (χ0n) is 33.1. The van der Waals surface area contributed by atoms with Gasteiger partial charge in [-0.2, -0.15) is 0 Å². The van der Waals surface area contributed by atoms with Gasteiger partial charge in [0, 0.05) is 32.4 Å². The molecule has 4 aliphatic carbocycles. The van der Waals surface area contributed by atoms with Gasteiger partial charge in [0.1, 0.15) is 6.10 Å². The number of carbonyl (C=O) groups is 2. The predicted molar refractivity (Wildman–Crippen MR) is 207 cm³/mol. The number of ether oxygens (including phenoxy) is 1. The Morgan fingerprint density at radius 3 is 2.36 bits per heavy atom. The van der Waals surface area contributed by atoms with Crippen LogP contribution in [0.3, 0.4) is 0 Å². The summed E-state index contributed by atoms with van der Waals surface area (Å²) >= 11 is 0. The molecule has 0 spiro atoms. The Kier molecular flexibility index (Phi) is 16.6. The maximum absolute atomic E-state index is 13.0. The second kappa shape index (κ2) is 20.1. The highest BCUT2D eigenvalue weighted by molar-refractivity contribution is 5.76. The Balaban J connectivity index is 1.19. The quantitative estimate of drug-likeness (QED) is 0.0595. The fourth-order valence-electron chi connectivity index (χ4n) is 11.2. The van der Waals surface area contributed by atoms with E-state index in [2.05, 4.69) is 46.0 Å². The van der Waals surface area contributed by atoms with Crippen molar-refractivity contribution >= 4 is 11.9 Å². The first kappa shape index (κ1) is 41.3. The van der Waals surface area contributed by atoms with Crippen LogP contribution in [0.2, 0.25) is 0 Å². The van der Waals surface area contributed by atoms with E-state index >= 15 is 0 Å². The Morgan fingerprint density at radius 2 is 1.60 bits per heavy atom. The van der Waals surface area contributed by atoms with Gasteiger partial charge < -0.3 is 26.4 Å². The van der Waals surface area contributed by atoms with Gasteiger partial charge in [-0.3, -0.25) is 9.59 Å². The highest BCUT2D eigenvalue weighted by atomic mass is 16.5. The number of hydrogen-bond acceptors (Lipinski definition) is 6. The topological polar surface area (TPSA) is 111 Å². The van der Waals surface area contributed by atoms with Gasteiger partial charge in [0.2, 0.25) is 5.91 Å². The molecule has 5 N–H and O–H groups in total. The molecule has 4 aliphatic rings. The Morgan fingerprint density at radius 1 is 0.860 bits per heavy atom. The molecule has 288 valence electrons. The number of amides is 1. The molecule has 0 bridgehead atoms. The van der Waals surface area contributed by atoms with Gasteiger partial charge in [-0.05, 0) is 156 Å². The Bertz CT molecular complexity index is 1080. The Labute approximate surface area is 307 Å². The summed E-state index contributed by atoms with van der Waals surface area (Å²) in [6.07, 6.45) is 22.9. The van der Waals surface area contributed by atoms with Crippen molar-refractivity contribution in [2.24, 2.45) is 57.8 Å². The molecule has 0 aromatic carbocycles. The van der Waals surface area contributed by atoms with Gasteiger partial charge >= 0.3 is 5.97 Å². The number of hydrogen-bond donors (Lipinski definition) is 3. The molecule has 7 nitrogen and oxygen atoms in total. The fourth-order valence-corrected chi connectivity index (χ4v) is 11.2. The first-order valence-electron chi connectivity index (χ1n) is 21.3. The summed E-state index contributed by atoms with van der Waals surface area (Å²) < 4.78 is 6.10. The minimum atomic E-state index is -0.0876. The first-order chi connectivity index (χ1) is 24.0. The molecule has 3 fully saturated rings. The van der Waals surface area contributed by atoms with Crippen molar-refractivity contribution in [1.29, 1.82) is 0 Å². The molecule has 7 heteroatoms. The van der Waals surface area contributed by atoms with Gasteiger partial charge in [0.05, 0.1) is 0 Å². The number of unbranched alkanes of at least 4 members (excludes halogenated alkanes) is 2. The van der Waals surface area contributed by atoms with E-state index < -0.39 is 0 Å². The maximum atomic E-state index is 13.0. The van der Waals surface area contributed by atoms with Crippen molar-refractivity contribution in [3.8, 4) is 0 Å². The molecule has 1 amide bonds. The molecule has 0 aromatic heterocycles. The summed E-state index contributed by atoms with van der Waals surface area (Å²) in [4.78, 5) is 27.9. The maximum Gasteiger partial charge on any atom is 0.306 e. The molecule has 50 heavy (non-hydrogen) atoms. The van der Waals surface area contributed by atoms with Crippen molar-refractivity contribution in [2.45, 2.75) is 163 Å². The van der Waals surface area contributed by atoms with Crippen molar-refractivity contribution in [2.75, 3.05) is 39.3 Å². The third-order valence-electron chi connectivity index (χ3n) is 14.2. The lowest BCUT2D eigenvalue weighted by Gasteiger charge is -2.58. The average molecular weight is 699 g/mol. The SMILES string of the molecule is CC(C)CCC[C@@H](C)[C@H]1CC[C@H]2[C@@H]3CC=C4C[C@@H](OC(=O)CCCCC(=O)N(CCCN)CCCCNCCCN)CC[C@]4(C)[C@H]3CC[C@]12C. The fraction of sp³-hybridized carbons (Fsp3) is 0.907. The van der Waals surface area contributed by atoms with Gasteiger partial charge in [-0.15, -0.1) is 0 Å². The van der Waals surface area contributed by atoms with Crippen LogP contribution in [0.4, 0.5) is 0 Å². The highest BCUT2D eigenvalue weighted by Crippen LogP contribution is 2.67. The van der Waals surface area contributed by atoms with Crippen molar-refractivity contribution < 1.29 is 14.3 Å². The summed E-state index contributed by atoms with van der Waals surface area (Å²) in [5, 5.41) is 3.41. The van der Waals surface area contributed by atoms with Gasteiger partial charge in [-0.1, -0.05) is 65.5 Å². The smallest absolute Gasteiger partial charge is 0.306 e. The number of carbonyl (C=O) groups excluding carboxylic acids is 2. The normalized spacial score (nSPS) is 31.0. The van der Waals surface area contributed by atoms with Crippen molar-refractivity contribution in [1.82, 2.24) is 10.2 Å². The van der Waals surface area contributed by atoms with E-state index in [9.17, 15) is 9.59 Å². The average Bonchev–Trinajstić information content (AvgIpc) is 3.44. The lowest BCUT2D eigenvalue weighted by molar-refractivity contribution is -0.151. The molecule has 0 aliphatic heterocycles. The van der Waals surface area contributed by atoms with Crippen LogP contribution in [0.5, 0.6) is 0 Å². The molecule has 3 saturated carbocycles. The summed E-state index contributed by atoms with van der Waals surface area (Å²) in [7, 11) is 0. The summed E-state index contributed by atoms with van der Waals surface area (Å²) in [6.45, 7) is 17.2. The minimum Gasteiger partial charge on any atom is -0.462 e. The number of nitrogens with zero attached hydrogens (tertiary/aromatic N) is 1. The molecule has 0 saturated heterocycles. The van der Waals surface area contributed by atoms with Crippen LogP contribution in [0.15, 0.2) is 11.6 Å². The molecule has 0 radical (unpaired) electrons. The molecule has 8 atom stereocenters. The van der Waals surface area contributed by atoms with Crippen LogP contribution < -0.4 is 16.8 Å². The van der Waals surface area contributed by atoms with Crippen LogP contribution in [0.1, 0.15) is 157 Å². The van der Waals surface area contributed by atoms with Crippen LogP contribution in [0, 0.1) is 46.3 Å².